The molecule has 7 nitrogen and oxygen atoms in total. The highest BCUT2D eigenvalue weighted by Gasteiger charge is 2.32. The van der Waals surface area contributed by atoms with Crippen molar-refractivity contribution in [2.45, 2.75) is 19.1 Å². The lowest BCUT2D eigenvalue weighted by Crippen LogP contribution is -2.38. The van der Waals surface area contributed by atoms with Crippen LogP contribution in [0.25, 0.3) is 17.5 Å². The number of thiazole rings is 1. The summed E-state index contributed by atoms with van der Waals surface area (Å²) in [6.45, 7) is 0.478. The molecule has 1 aromatic heterocycles. The average molecular weight is 732 g/mol. The van der Waals surface area contributed by atoms with Crippen molar-refractivity contribution in [2.24, 2.45) is 5.73 Å². The number of fused-ring (bicyclic) bond motifs is 1. The Balaban J connectivity index is 1.28. The number of ether oxygens (including phenoxy) is 2. The molecule has 0 fully saturated rings. The molecule has 5 aromatic rings. The van der Waals surface area contributed by atoms with Crippen LogP contribution < -0.4 is 30.0 Å². The second-order valence-corrected chi connectivity index (χ2v) is 13.3. The van der Waals surface area contributed by atoms with Gasteiger partial charge in [0.1, 0.15) is 35.2 Å². The molecule has 6 rings (SSSR count). The van der Waals surface area contributed by atoms with Gasteiger partial charge in [-0.15, -0.1) is 11.3 Å². The molecule has 0 unspecified atom stereocenters. The monoisotopic (exact) mass is 730 g/mol. The third kappa shape index (κ3) is 6.81. The minimum absolute atomic E-state index is 0.0142. The quantitative estimate of drug-likeness (QED) is 0.176. The molecule has 2 heterocycles. The number of hydrogen-bond donors (Lipinski definition) is 1. The summed E-state index contributed by atoms with van der Waals surface area (Å²) in [5.41, 5.74) is 9.33. The molecule has 12 heteroatoms. The van der Waals surface area contributed by atoms with Gasteiger partial charge in [-0.2, -0.15) is 10.5 Å². The van der Waals surface area contributed by atoms with E-state index in [1.54, 1.807) is 78.9 Å². The molecule has 1 atom stereocenters. The first-order valence-electron chi connectivity index (χ1n) is 14.3. The van der Waals surface area contributed by atoms with Crippen LogP contribution >= 0.6 is 57.7 Å². The van der Waals surface area contributed by atoms with E-state index in [0.717, 1.165) is 28.0 Å². The van der Waals surface area contributed by atoms with Crippen LogP contribution in [0, 0.1) is 22.7 Å². The summed E-state index contributed by atoms with van der Waals surface area (Å²) in [6.07, 6.45) is 1.71. The molecular weight excluding hydrogens is 710 g/mol. The van der Waals surface area contributed by atoms with Crippen LogP contribution in [-0.2, 0) is 13.2 Å². The predicted octanol–water partition coefficient (Wildman–Crippen LogP) is 7.63. The van der Waals surface area contributed by atoms with E-state index in [2.05, 4.69) is 12.1 Å². The number of rotatable bonds is 8. The van der Waals surface area contributed by atoms with E-state index in [4.69, 9.17) is 61.6 Å². The SMILES string of the molecule is N#CC1=C(N)n2c(s/c(=C/c3ccc(OCc4ccc(Cl)cc4Cl)cc3)c2=O)=C(C#N)[C@@H]1c1ccc(OCc2ccc(Cl)cc2Cl)cc1. The predicted molar refractivity (Wildman–Crippen MR) is 191 cm³/mol. The molecular formula is C36H22Cl4N4O3S. The standard InChI is InChI=1S/C36H22Cl4N4O3S/c37-24-7-3-22(30(39)14-24)18-46-26-9-1-20(2-10-26)13-32-35(45)44-34(43)28(16-41)33(29(17-42)36(44)48-32)21-5-11-27(12-6-21)47-19-23-4-8-25(38)15-31(23)40/h1-15,33H,18-19,43H2/b32-13+/t33-/m1/s1. The Morgan fingerprint density at radius 2 is 1.29 bits per heavy atom. The topological polar surface area (TPSA) is 114 Å². The van der Waals surface area contributed by atoms with E-state index in [0.29, 0.717) is 46.3 Å². The maximum Gasteiger partial charge on any atom is 0.274 e. The molecule has 1 aliphatic heterocycles. The molecule has 238 valence electrons. The van der Waals surface area contributed by atoms with Gasteiger partial charge >= 0.3 is 0 Å². The van der Waals surface area contributed by atoms with Crippen molar-refractivity contribution in [3.63, 3.8) is 0 Å². The Labute approximate surface area is 299 Å². The summed E-state index contributed by atoms with van der Waals surface area (Å²) >= 11 is 25.6. The van der Waals surface area contributed by atoms with E-state index in [9.17, 15) is 15.3 Å². The second kappa shape index (κ2) is 14.2. The minimum atomic E-state index is -0.767. The Morgan fingerprint density at radius 3 is 1.79 bits per heavy atom. The molecule has 0 saturated carbocycles. The van der Waals surface area contributed by atoms with Crippen LogP contribution in [0.3, 0.4) is 0 Å². The first kappa shape index (κ1) is 33.2. The smallest absolute Gasteiger partial charge is 0.274 e. The Kier molecular flexibility index (Phi) is 9.84. The molecule has 0 spiro atoms. The van der Waals surface area contributed by atoms with Gasteiger partial charge in [0.2, 0.25) is 0 Å². The first-order chi connectivity index (χ1) is 23.2. The summed E-state index contributed by atoms with van der Waals surface area (Å²) in [4.78, 5) is 13.6. The fraction of sp³-hybridized carbons (Fsp3) is 0.0833. The van der Waals surface area contributed by atoms with Crippen molar-refractivity contribution in [1.29, 1.82) is 10.5 Å². The highest BCUT2D eigenvalue weighted by molar-refractivity contribution is 7.07. The van der Waals surface area contributed by atoms with E-state index in [1.807, 2.05) is 12.1 Å². The number of aromatic nitrogens is 1. The van der Waals surface area contributed by atoms with Gasteiger partial charge in [-0.05, 0) is 65.7 Å². The van der Waals surface area contributed by atoms with Gasteiger partial charge in [0, 0.05) is 31.2 Å². The van der Waals surface area contributed by atoms with Gasteiger partial charge < -0.3 is 15.2 Å². The number of benzene rings is 4. The number of nitrogens with zero attached hydrogens (tertiary/aromatic N) is 3. The van der Waals surface area contributed by atoms with Gasteiger partial charge in [0.15, 0.2) is 0 Å². The largest absolute Gasteiger partial charge is 0.489 e. The summed E-state index contributed by atoms with van der Waals surface area (Å²) in [5, 5.41) is 22.5. The molecule has 48 heavy (non-hydrogen) atoms. The van der Waals surface area contributed by atoms with Crippen molar-refractivity contribution in [3.8, 4) is 23.6 Å². The lowest BCUT2D eigenvalue weighted by molar-refractivity contribution is 0.306. The van der Waals surface area contributed by atoms with Crippen LogP contribution in [0.4, 0.5) is 0 Å². The highest BCUT2D eigenvalue weighted by Crippen LogP contribution is 2.36. The van der Waals surface area contributed by atoms with Gasteiger partial charge in [0.25, 0.3) is 5.56 Å². The lowest BCUT2D eigenvalue weighted by atomic mass is 9.84. The summed E-state index contributed by atoms with van der Waals surface area (Å²) in [7, 11) is 0. The van der Waals surface area contributed by atoms with Gasteiger partial charge in [-0.25, -0.2) is 0 Å². The Morgan fingerprint density at radius 1 is 0.771 bits per heavy atom. The van der Waals surface area contributed by atoms with Crippen LogP contribution in [-0.4, -0.2) is 4.57 Å². The van der Waals surface area contributed by atoms with E-state index in [-0.39, 0.29) is 30.2 Å². The van der Waals surface area contributed by atoms with Gasteiger partial charge in [-0.1, -0.05) is 82.8 Å². The fourth-order valence-electron chi connectivity index (χ4n) is 5.15. The van der Waals surface area contributed by atoms with Crippen LogP contribution in [0.5, 0.6) is 11.5 Å². The Hall–Kier alpha value is -4.67. The number of halogens is 4. The maximum atomic E-state index is 13.6. The number of nitrogens with two attached hydrogens (primary N) is 1. The van der Waals surface area contributed by atoms with Gasteiger partial charge in [0.05, 0.1) is 33.7 Å². The van der Waals surface area contributed by atoms with Crippen LogP contribution in [0.1, 0.15) is 28.2 Å². The molecule has 4 aromatic carbocycles. The second-order valence-electron chi connectivity index (χ2n) is 10.6. The summed E-state index contributed by atoms with van der Waals surface area (Å²) < 4.78 is 13.7. The third-order valence-corrected chi connectivity index (χ3v) is 9.88. The Bertz CT molecular complexity index is 2350. The third-order valence-electron chi connectivity index (χ3n) is 7.60. The molecule has 2 N–H and O–H groups in total. The first-order valence-corrected chi connectivity index (χ1v) is 16.6. The minimum Gasteiger partial charge on any atom is -0.489 e. The zero-order chi connectivity index (χ0) is 33.9. The molecule has 0 aliphatic carbocycles. The van der Waals surface area contributed by atoms with Crippen molar-refractivity contribution in [1.82, 2.24) is 4.57 Å². The molecule has 0 saturated heterocycles. The maximum absolute atomic E-state index is 13.6. The highest BCUT2D eigenvalue weighted by atomic mass is 35.5. The zero-order valence-electron chi connectivity index (χ0n) is 24.7. The van der Waals surface area contributed by atoms with Crippen LogP contribution in [0.15, 0.2) is 95.3 Å². The van der Waals surface area contributed by atoms with E-state index in [1.165, 1.54) is 4.57 Å². The lowest BCUT2D eigenvalue weighted by Gasteiger charge is -2.22. The average Bonchev–Trinajstić information content (AvgIpc) is 3.40. The van der Waals surface area contributed by atoms with Gasteiger partial charge in [-0.3, -0.25) is 9.36 Å². The van der Waals surface area contributed by atoms with Crippen molar-refractivity contribution in [2.75, 3.05) is 0 Å². The van der Waals surface area contributed by atoms with Crippen molar-refractivity contribution >= 4 is 75.2 Å². The normalized spacial score (nSPS) is 14.3. The van der Waals surface area contributed by atoms with E-state index < -0.39 is 11.5 Å². The number of hydrogen-bond acceptors (Lipinski definition) is 7. The molecule has 0 amide bonds. The van der Waals surface area contributed by atoms with Crippen molar-refractivity contribution in [3.05, 3.63) is 152 Å². The summed E-state index contributed by atoms with van der Waals surface area (Å²) in [5.74, 6) is 0.389. The number of nitriles is 2. The molecule has 0 radical (unpaired) electrons. The van der Waals surface area contributed by atoms with Crippen molar-refractivity contribution < 1.29 is 9.47 Å². The zero-order valence-corrected chi connectivity index (χ0v) is 28.6. The fourth-order valence-corrected chi connectivity index (χ4v) is 7.21. The van der Waals surface area contributed by atoms with E-state index >= 15 is 0 Å². The van der Waals surface area contributed by atoms with Crippen LogP contribution in [0.2, 0.25) is 20.1 Å². The number of allylic oxidation sites excluding steroid dienone is 1. The molecule has 1 aliphatic rings. The summed E-state index contributed by atoms with van der Waals surface area (Å²) in [6, 6.07) is 28.9. The molecule has 0 bridgehead atoms.